The van der Waals surface area contributed by atoms with Gasteiger partial charge in [0.15, 0.2) is 4.34 Å². The maximum atomic E-state index is 9.17. The molecule has 138 valence electrons. The summed E-state index contributed by atoms with van der Waals surface area (Å²) in [6, 6.07) is 0. The number of nitrogens with zero attached hydrogens (tertiary/aromatic N) is 2. The largest absolute Gasteiger partial charge is 0.400 e. The highest BCUT2D eigenvalue weighted by Gasteiger charge is 2.09. The van der Waals surface area contributed by atoms with E-state index < -0.39 is 0 Å². The number of carbonyl (C=O) groups is 1. The molecule has 1 aromatic rings. The lowest BCUT2D eigenvalue weighted by molar-refractivity contribution is -0.107. The lowest BCUT2D eigenvalue weighted by Crippen LogP contribution is -2.16. The summed E-state index contributed by atoms with van der Waals surface area (Å²) in [6.07, 6.45) is 6.40. The van der Waals surface area contributed by atoms with E-state index in [9.17, 15) is 4.79 Å². The minimum absolute atomic E-state index is 0.639. The summed E-state index contributed by atoms with van der Waals surface area (Å²) in [7, 11) is 5.24. The first-order chi connectivity index (χ1) is 11.5. The zero-order valence-electron chi connectivity index (χ0n) is 15.6. The maximum Gasteiger partial charge on any atom is 0.151 e. The number of aliphatic hydroxyl groups is 1. The number of rotatable bonds is 9. The highest BCUT2D eigenvalue weighted by Crippen LogP contribution is 2.30. The number of thiazole rings is 1. The molecular weight excluding hydrogens is 340 g/mol. The average molecular weight is 373 g/mol. The molecule has 1 aromatic heterocycles. The average Bonchev–Trinajstić information content (AvgIpc) is 3.02. The van der Waals surface area contributed by atoms with Gasteiger partial charge in [-0.3, -0.25) is 0 Å². The van der Waals surface area contributed by atoms with Crippen molar-refractivity contribution in [3.8, 4) is 0 Å². The molecule has 0 saturated carbocycles. The Labute approximate surface area is 155 Å². The van der Waals surface area contributed by atoms with E-state index in [1.165, 1.54) is 6.42 Å². The third-order valence-electron chi connectivity index (χ3n) is 2.77. The van der Waals surface area contributed by atoms with Crippen LogP contribution in [0.1, 0.15) is 37.3 Å². The van der Waals surface area contributed by atoms with E-state index in [0.717, 1.165) is 40.6 Å². The number of thioether (sulfide) groups is 1. The molecule has 0 amide bonds. The predicted molar refractivity (Wildman–Crippen MR) is 110 cm³/mol. The van der Waals surface area contributed by atoms with Crippen LogP contribution in [-0.2, 0) is 4.79 Å². The molecule has 0 aliphatic carbocycles. The van der Waals surface area contributed by atoms with Crippen LogP contribution in [-0.4, -0.2) is 54.8 Å². The molecule has 0 saturated heterocycles. The second-order valence-electron chi connectivity index (χ2n) is 5.22. The summed E-state index contributed by atoms with van der Waals surface area (Å²) >= 11 is 3.54. The Hall–Kier alpha value is -0.950. The molecule has 4 nitrogen and oxygen atoms in total. The molecule has 24 heavy (non-hydrogen) atoms. The highest BCUT2D eigenvalue weighted by atomic mass is 32.2. The zero-order chi connectivity index (χ0) is 19.0. The number of aldehydes is 1. The Balaban J connectivity index is 0. The van der Waals surface area contributed by atoms with Crippen LogP contribution >= 0.6 is 23.1 Å². The Kier molecular flexibility index (Phi) is 17.8. The number of aromatic nitrogens is 1. The number of hydrogen-bond donors (Lipinski definition) is 1. The van der Waals surface area contributed by atoms with E-state index in [1.807, 2.05) is 24.8 Å². The van der Waals surface area contributed by atoms with E-state index in [-0.39, 0.29) is 0 Å². The van der Waals surface area contributed by atoms with Gasteiger partial charge in [0.1, 0.15) is 6.29 Å². The lowest BCUT2D eigenvalue weighted by Gasteiger charge is -2.13. The third kappa shape index (κ3) is 12.5. The van der Waals surface area contributed by atoms with Gasteiger partial charge in [-0.1, -0.05) is 38.8 Å². The standard InChI is InChI=1S/C14H22N2S2.C3H6O.CH4O/c1-6-12-13(7-2)18-14(15-12)17-10-11(3)8-9-16(4)5;1-2-3-4;1-2/h6-7,11H,1-2,8-10H2,3-5H3;3H,2H2,1H3;2H,1H3/t11-;;/m1../s1. The zero-order valence-corrected chi connectivity index (χ0v) is 17.3. The topological polar surface area (TPSA) is 53.4 Å². The van der Waals surface area contributed by atoms with E-state index >= 15 is 0 Å². The van der Waals surface area contributed by atoms with E-state index in [0.29, 0.717) is 12.3 Å². The number of aliphatic hydroxyl groups excluding tert-OH is 1. The fourth-order valence-electron chi connectivity index (χ4n) is 1.45. The molecule has 1 rings (SSSR count). The first-order valence-corrected chi connectivity index (χ1v) is 9.70. The van der Waals surface area contributed by atoms with Gasteiger partial charge < -0.3 is 14.8 Å². The SMILES string of the molecule is C=Cc1nc(SC[C@H](C)CCN(C)C)sc1C=C.CCC=O.CO. The third-order valence-corrected chi connectivity index (χ3v) is 5.31. The summed E-state index contributed by atoms with van der Waals surface area (Å²) in [5, 5.41) is 7.00. The Bertz CT molecular complexity index is 434. The van der Waals surface area contributed by atoms with Crippen molar-refractivity contribution in [2.75, 3.05) is 33.5 Å². The molecule has 1 N–H and O–H groups in total. The van der Waals surface area contributed by atoms with Gasteiger partial charge in [0.2, 0.25) is 0 Å². The van der Waals surface area contributed by atoms with Crippen LogP contribution < -0.4 is 0 Å². The molecule has 1 atom stereocenters. The normalized spacial score (nSPS) is 10.8. The van der Waals surface area contributed by atoms with Crippen LogP contribution in [0, 0.1) is 5.92 Å². The molecule has 0 aliphatic heterocycles. The minimum atomic E-state index is 0.639. The van der Waals surface area contributed by atoms with Crippen molar-refractivity contribution in [3.05, 3.63) is 23.7 Å². The van der Waals surface area contributed by atoms with Crippen molar-refractivity contribution >= 4 is 41.5 Å². The van der Waals surface area contributed by atoms with Crippen molar-refractivity contribution in [2.45, 2.75) is 31.0 Å². The second-order valence-corrected chi connectivity index (χ2v) is 7.52. The molecule has 6 heteroatoms. The van der Waals surface area contributed by atoms with Crippen LogP contribution in [0.4, 0.5) is 0 Å². The summed E-state index contributed by atoms with van der Waals surface area (Å²) in [5.74, 6) is 1.83. The van der Waals surface area contributed by atoms with Gasteiger partial charge in [-0.25, -0.2) is 4.98 Å². The van der Waals surface area contributed by atoms with Gasteiger partial charge in [0, 0.05) is 19.3 Å². The van der Waals surface area contributed by atoms with Crippen LogP contribution in [0.2, 0.25) is 0 Å². The van der Waals surface area contributed by atoms with Crippen LogP contribution in [0.5, 0.6) is 0 Å². The molecule has 0 fully saturated rings. The van der Waals surface area contributed by atoms with Gasteiger partial charge in [0.05, 0.1) is 10.6 Å². The van der Waals surface area contributed by atoms with E-state index in [4.69, 9.17) is 5.11 Å². The van der Waals surface area contributed by atoms with Crippen molar-refractivity contribution in [1.82, 2.24) is 9.88 Å². The molecule has 0 unspecified atom stereocenters. The predicted octanol–water partition coefficient (Wildman–Crippen LogP) is 4.31. The summed E-state index contributed by atoms with van der Waals surface area (Å²) in [5.41, 5.74) is 0.957. The van der Waals surface area contributed by atoms with Crippen molar-refractivity contribution in [2.24, 2.45) is 5.92 Å². The smallest absolute Gasteiger partial charge is 0.151 e. The van der Waals surface area contributed by atoms with Crippen molar-refractivity contribution < 1.29 is 9.90 Å². The quantitative estimate of drug-likeness (QED) is 0.517. The molecule has 0 spiro atoms. The summed E-state index contributed by atoms with van der Waals surface area (Å²) in [6.45, 7) is 12.8. The second kappa shape index (κ2) is 16.9. The lowest BCUT2D eigenvalue weighted by atomic mass is 10.1. The van der Waals surface area contributed by atoms with E-state index in [1.54, 1.807) is 17.4 Å². The molecule has 1 heterocycles. The van der Waals surface area contributed by atoms with Gasteiger partial charge >= 0.3 is 0 Å². The number of carbonyl (C=O) groups excluding carboxylic acids is 1. The highest BCUT2D eigenvalue weighted by molar-refractivity contribution is 8.01. The first-order valence-electron chi connectivity index (χ1n) is 7.89. The first kappa shape index (κ1) is 25.3. The van der Waals surface area contributed by atoms with Crippen LogP contribution in [0.3, 0.4) is 0 Å². The molecule has 0 bridgehead atoms. The van der Waals surface area contributed by atoms with Crippen LogP contribution in [0.25, 0.3) is 12.2 Å². The molecule has 0 aromatic carbocycles. The number of hydrogen-bond acceptors (Lipinski definition) is 6. The van der Waals surface area contributed by atoms with Crippen molar-refractivity contribution in [1.29, 1.82) is 0 Å². The fraction of sp³-hybridized carbons (Fsp3) is 0.556. The minimum Gasteiger partial charge on any atom is -0.400 e. The summed E-state index contributed by atoms with van der Waals surface area (Å²) < 4.78 is 1.12. The van der Waals surface area contributed by atoms with Gasteiger partial charge in [-0.2, -0.15) is 0 Å². The summed E-state index contributed by atoms with van der Waals surface area (Å²) in [4.78, 5) is 17.1. The Morgan fingerprint density at radius 3 is 2.29 bits per heavy atom. The maximum absolute atomic E-state index is 9.17. The molecule has 0 radical (unpaired) electrons. The van der Waals surface area contributed by atoms with Gasteiger partial charge in [-0.15, -0.1) is 11.3 Å². The van der Waals surface area contributed by atoms with Crippen LogP contribution in [0.15, 0.2) is 17.5 Å². The Morgan fingerprint density at radius 2 is 1.92 bits per heavy atom. The molecule has 0 aliphatic rings. The van der Waals surface area contributed by atoms with E-state index in [2.05, 4.69) is 44.1 Å². The fourth-order valence-corrected chi connectivity index (χ4v) is 3.57. The monoisotopic (exact) mass is 372 g/mol. The van der Waals surface area contributed by atoms with Gasteiger partial charge in [0.25, 0.3) is 0 Å². The van der Waals surface area contributed by atoms with Gasteiger partial charge in [-0.05, 0) is 45.1 Å². The van der Waals surface area contributed by atoms with Crippen molar-refractivity contribution in [3.63, 3.8) is 0 Å². The Morgan fingerprint density at radius 1 is 1.33 bits per heavy atom. The molecular formula is C18H32N2O2S2.